The van der Waals surface area contributed by atoms with E-state index in [1.54, 1.807) is 18.3 Å². The first-order chi connectivity index (χ1) is 14.4. The molecule has 1 N–H and O–H groups in total. The number of benzene rings is 1. The van der Waals surface area contributed by atoms with E-state index in [1.165, 1.54) is 16.1 Å². The molecule has 1 aliphatic rings. The Kier molecular flexibility index (Phi) is 7.58. The van der Waals surface area contributed by atoms with Crippen molar-refractivity contribution in [1.29, 1.82) is 0 Å². The molecule has 162 valence electrons. The van der Waals surface area contributed by atoms with Crippen LogP contribution >= 0.6 is 0 Å². The second kappa shape index (κ2) is 10.1. The molecule has 0 saturated carbocycles. The third-order valence-electron chi connectivity index (χ3n) is 5.65. The van der Waals surface area contributed by atoms with Gasteiger partial charge in [-0.15, -0.1) is 0 Å². The summed E-state index contributed by atoms with van der Waals surface area (Å²) in [5.74, 6) is -0.154. The summed E-state index contributed by atoms with van der Waals surface area (Å²) < 4.78 is 26.9. The van der Waals surface area contributed by atoms with Crippen molar-refractivity contribution in [1.82, 2.24) is 19.5 Å². The zero-order chi connectivity index (χ0) is 21.6. The van der Waals surface area contributed by atoms with Crippen LogP contribution in [-0.2, 0) is 21.2 Å². The molecular formula is C22H30N4O3S. The molecule has 1 unspecified atom stereocenters. The van der Waals surface area contributed by atoms with Crippen LogP contribution in [0.3, 0.4) is 0 Å². The van der Waals surface area contributed by atoms with Gasteiger partial charge in [-0.1, -0.05) is 30.3 Å². The van der Waals surface area contributed by atoms with Crippen molar-refractivity contribution >= 4 is 15.9 Å². The standard InChI is InChI=1S/C22H30N4O3S/c1-25(2)20(15-18-7-4-3-5-8-18)16-24-22(27)19-10-13-26(14-11-19)30(28,29)21-9-6-12-23-17-21/h3-9,12,17,19-20H,10-11,13-16H2,1-2H3,(H,24,27). The van der Waals surface area contributed by atoms with Gasteiger partial charge in [-0.05, 0) is 51.1 Å². The lowest BCUT2D eigenvalue weighted by atomic mass is 9.97. The number of sulfonamides is 1. The van der Waals surface area contributed by atoms with Crippen molar-refractivity contribution in [3.63, 3.8) is 0 Å². The lowest BCUT2D eigenvalue weighted by Gasteiger charge is -2.31. The number of carbonyl (C=O) groups is 1. The van der Waals surface area contributed by atoms with Crippen molar-refractivity contribution in [2.75, 3.05) is 33.7 Å². The fraction of sp³-hybridized carbons (Fsp3) is 0.455. The lowest BCUT2D eigenvalue weighted by molar-refractivity contribution is -0.126. The Morgan fingerprint density at radius 1 is 1.17 bits per heavy atom. The topological polar surface area (TPSA) is 82.6 Å². The normalized spacial score (nSPS) is 17.0. The Hall–Kier alpha value is -2.29. The van der Waals surface area contributed by atoms with Crippen LogP contribution < -0.4 is 5.32 Å². The molecule has 1 aromatic heterocycles. The molecule has 1 fully saturated rings. The summed E-state index contributed by atoms with van der Waals surface area (Å²) >= 11 is 0. The van der Waals surface area contributed by atoms with Gasteiger partial charge in [-0.25, -0.2) is 8.42 Å². The van der Waals surface area contributed by atoms with Crippen LogP contribution in [0.5, 0.6) is 0 Å². The van der Waals surface area contributed by atoms with Crippen LogP contribution in [0, 0.1) is 5.92 Å². The van der Waals surface area contributed by atoms with Crippen molar-refractivity contribution in [2.24, 2.45) is 5.92 Å². The molecule has 0 bridgehead atoms. The highest BCUT2D eigenvalue weighted by Gasteiger charge is 2.32. The van der Waals surface area contributed by atoms with Gasteiger partial charge in [0, 0.05) is 44.0 Å². The highest BCUT2D eigenvalue weighted by atomic mass is 32.2. The summed E-state index contributed by atoms with van der Waals surface area (Å²) in [5, 5.41) is 3.08. The minimum absolute atomic E-state index is 0.00772. The zero-order valence-corrected chi connectivity index (χ0v) is 18.4. The van der Waals surface area contributed by atoms with E-state index >= 15 is 0 Å². The van der Waals surface area contributed by atoms with E-state index in [-0.39, 0.29) is 22.8 Å². The van der Waals surface area contributed by atoms with E-state index in [1.807, 2.05) is 32.3 Å². The molecule has 0 spiro atoms. The minimum Gasteiger partial charge on any atom is -0.354 e. The SMILES string of the molecule is CN(C)C(CNC(=O)C1CCN(S(=O)(=O)c2cccnc2)CC1)Cc1ccccc1. The van der Waals surface area contributed by atoms with Crippen LogP contribution in [-0.4, -0.2) is 68.3 Å². The molecule has 7 nitrogen and oxygen atoms in total. The molecule has 1 aliphatic heterocycles. The first kappa shape index (κ1) is 22.4. The number of hydrogen-bond acceptors (Lipinski definition) is 5. The van der Waals surface area contributed by atoms with Crippen LogP contribution in [0.25, 0.3) is 0 Å². The fourth-order valence-electron chi connectivity index (χ4n) is 3.69. The number of likely N-dealkylation sites (N-methyl/N-ethyl adjacent to an activating group) is 1. The molecule has 1 saturated heterocycles. The van der Waals surface area contributed by atoms with Crippen molar-refractivity contribution < 1.29 is 13.2 Å². The number of piperidine rings is 1. The minimum atomic E-state index is -3.55. The largest absolute Gasteiger partial charge is 0.354 e. The highest BCUT2D eigenvalue weighted by Crippen LogP contribution is 2.23. The Morgan fingerprint density at radius 2 is 1.87 bits per heavy atom. The number of aromatic nitrogens is 1. The summed E-state index contributed by atoms with van der Waals surface area (Å²) in [6.45, 7) is 1.25. The Morgan fingerprint density at radius 3 is 2.47 bits per heavy atom. The van der Waals surface area contributed by atoms with Gasteiger partial charge in [0.1, 0.15) is 4.90 Å². The smallest absolute Gasteiger partial charge is 0.244 e. The first-order valence-corrected chi connectivity index (χ1v) is 11.7. The molecule has 30 heavy (non-hydrogen) atoms. The summed E-state index contributed by atoms with van der Waals surface area (Å²) in [7, 11) is 0.481. The molecular weight excluding hydrogens is 400 g/mol. The van der Waals surface area contributed by atoms with Crippen molar-refractivity contribution in [2.45, 2.75) is 30.2 Å². The van der Waals surface area contributed by atoms with E-state index in [0.29, 0.717) is 32.5 Å². The van der Waals surface area contributed by atoms with E-state index in [2.05, 4.69) is 27.3 Å². The maximum atomic E-state index is 12.7. The van der Waals surface area contributed by atoms with Crippen LogP contribution in [0.15, 0.2) is 59.8 Å². The quantitative estimate of drug-likeness (QED) is 0.690. The van der Waals surface area contributed by atoms with E-state index in [9.17, 15) is 13.2 Å². The van der Waals surface area contributed by atoms with Gasteiger partial charge in [0.2, 0.25) is 15.9 Å². The van der Waals surface area contributed by atoms with Gasteiger partial charge in [0.15, 0.2) is 0 Å². The van der Waals surface area contributed by atoms with Crippen LogP contribution in [0.4, 0.5) is 0 Å². The van der Waals surface area contributed by atoms with Gasteiger partial charge >= 0.3 is 0 Å². The highest BCUT2D eigenvalue weighted by molar-refractivity contribution is 7.89. The number of nitrogens with zero attached hydrogens (tertiary/aromatic N) is 3. The second-order valence-corrected chi connectivity index (χ2v) is 9.86. The predicted molar refractivity (Wildman–Crippen MR) is 116 cm³/mol. The maximum Gasteiger partial charge on any atom is 0.244 e. The van der Waals surface area contributed by atoms with E-state index in [0.717, 1.165) is 6.42 Å². The summed E-state index contributed by atoms with van der Waals surface area (Å²) in [4.78, 5) is 18.9. The average molecular weight is 431 g/mol. The molecule has 1 atom stereocenters. The van der Waals surface area contributed by atoms with E-state index in [4.69, 9.17) is 0 Å². The van der Waals surface area contributed by atoms with Crippen molar-refractivity contribution in [3.8, 4) is 0 Å². The van der Waals surface area contributed by atoms with Gasteiger partial charge in [0.25, 0.3) is 0 Å². The summed E-state index contributed by atoms with van der Waals surface area (Å²) in [6, 6.07) is 13.6. The predicted octanol–water partition coefficient (Wildman–Crippen LogP) is 1.77. The van der Waals surface area contributed by atoms with Gasteiger partial charge in [-0.2, -0.15) is 4.31 Å². The third-order valence-corrected chi connectivity index (χ3v) is 7.54. The monoisotopic (exact) mass is 430 g/mol. The number of pyridine rings is 1. The molecule has 2 heterocycles. The molecule has 1 amide bonds. The Balaban J connectivity index is 1.51. The average Bonchev–Trinajstić information content (AvgIpc) is 2.77. The van der Waals surface area contributed by atoms with Gasteiger partial charge in [0.05, 0.1) is 0 Å². The van der Waals surface area contributed by atoms with Gasteiger partial charge in [-0.3, -0.25) is 9.78 Å². The summed E-state index contributed by atoms with van der Waals surface area (Å²) in [6.07, 6.45) is 4.82. The number of carbonyl (C=O) groups excluding carboxylic acids is 1. The molecule has 2 aromatic rings. The third kappa shape index (κ3) is 5.65. The first-order valence-electron chi connectivity index (χ1n) is 10.3. The van der Waals surface area contributed by atoms with Crippen LogP contribution in [0.1, 0.15) is 18.4 Å². The lowest BCUT2D eigenvalue weighted by Crippen LogP contribution is -2.46. The second-order valence-electron chi connectivity index (χ2n) is 7.92. The molecule has 3 rings (SSSR count). The molecule has 0 aliphatic carbocycles. The molecule has 0 radical (unpaired) electrons. The molecule has 8 heteroatoms. The maximum absolute atomic E-state index is 12.7. The Bertz CT molecular complexity index is 912. The van der Waals surface area contributed by atoms with Gasteiger partial charge < -0.3 is 10.2 Å². The zero-order valence-electron chi connectivity index (χ0n) is 17.6. The van der Waals surface area contributed by atoms with Crippen LogP contribution in [0.2, 0.25) is 0 Å². The number of nitrogens with one attached hydrogen (secondary N) is 1. The van der Waals surface area contributed by atoms with Crippen molar-refractivity contribution in [3.05, 3.63) is 60.4 Å². The number of amides is 1. The fourth-order valence-corrected chi connectivity index (χ4v) is 5.13. The summed E-state index contributed by atoms with van der Waals surface area (Å²) in [5.41, 5.74) is 1.24. The van der Waals surface area contributed by atoms with E-state index < -0.39 is 10.0 Å². The molecule has 1 aromatic carbocycles. The number of hydrogen-bond donors (Lipinski definition) is 1. The number of rotatable bonds is 8. The Labute approximate surface area is 179 Å².